The van der Waals surface area contributed by atoms with E-state index >= 15 is 0 Å². The number of amides is 3. The van der Waals surface area contributed by atoms with E-state index in [1.165, 1.54) is 0 Å². The maximum Gasteiger partial charge on any atom is 0.262 e. The molecule has 3 rings (SSSR count). The standard InChI is InChI=1S/C21H22N2O3/c1-2-3-13-22-19(24)18(14-15-9-5-4-6-10-15)23-20(25)16-11-7-8-12-17(16)21(23)26/h4-12,18H,2-3,13-14H2,1H3,(H,22,24). The summed E-state index contributed by atoms with van der Waals surface area (Å²) in [6, 6.07) is 15.3. The Hall–Kier alpha value is -2.95. The maximum absolute atomic E-state index is 12.8. The van der Waals surface area contributed by atoms with E-state index in [9.17, 15) is 14.4 Å². The molecule has 0 fully saturated rings. The lowest BCUT2D eigenvalue weighted by molar-refractivity contribution is -0.125. The van der Waals surface area contributed by atoms with Crippen LogP contribution in [0.25, 0.3) is 0 Å². The van der Waals surface area contributed by atoms with Gasteiger partial charge in [-0.05, 0) is 24.1 Å². The van der Waals surface area contributed by atoms with Gasteiger partial charge in [-0.2, -0.15) is 0 Å². The fourth-order valence-corrected chi connectivity index (χ4v) is 3.14. The lowest BCUT2D eigenvalue weighted by Gasteiger charge is -2.25. The highest BCUT2D eigenvalue weighted by molar-refractivity contribution is 6.22. The lowest BCUT2D eigenvalue weighted by atomic mass is 10.0. The van der Waals surface area contributed by atoms with Gasteiger partial charge in [0.05, 0.1) is 11.1 Å². The van der Waals surface area contributed by atoms with Crippen molar-refractivity contribution in [1.82, 2.24) is 10.2 Å². The Labute approximate surface area is 153 Å². The highest BCUT2D eigenvalue weighted by Gasteiger charge is 2.42. The van der Waals surface area contributed by atoms with Gasteiger partial charge in [0, 0.05) is 13.0 Å². The second-order valence-corrected chi connectivity index (χ2v) is 6.38. The molecular weight excluding hydrogens is 328 g/mol. The number of nitrogens with zero attached hydrogens (tertiary/aromatic N) is 1. The third-order valence-electron chi connectivity index (χ3n) is 4.54. The summed E-state index contributed by atoms with van der Waals surface area (Å²) in [6.07, 6.45) is 2.10. The number of unbranched alkanes of at least 4 members (excludes halogenated alkanes) is 1. The number of carbonyl (C=O) groups excluding carboxylic acids is 3. The zero-order valence-corrected chi connectivity index (χ0v) is 14.8. The Morgan fingerprint density at radius 1 is 0.962 bits per heavy atom. The number of rotatable bonds is 7. The van der Waals surface area contributed by atoms with Crippen molar-refractivity contribution in [3.05, 3.63) is 71.3 Å². The van der Waals surface area contributed by atoms with Crippen molar-refractivity contribution in [1.29, 1.82) is 0 Å². The van der Waals surface area contributed by atoms with Crippen molar-refractivity contribution >= 4 is 17.7 Å². The molecule has 1 unspecified atom stereocenters. The Balaban J connectivity index is 1.89. The van der Waals surface area contributed by atoms with Gasteiger partial charge in [-0.25, -0.2) is 0 Å². The zero-order chi connectivity index (χ0) is 18.5. The van der Waals surface area contributed by atoms with Crippen LogP contribution in [-0.2, 0) is 11.2 Å². The summed E-state index contributed by atoms with van der Waals surface area (Å²) in [4.78, 5) is 39.5. The zero-order valence-electron chi connectivity index (χ0n) is 14.8. The minimum atomic E-state index is -0.860. The molecule has 0 bridgehead atoms. The molecule has 5 nitrogen and oxygen atoms in total. The fraction of sp³-hybridized carbons (Fsp3) is 0.286. The average Bonchev–Trinajstić information content (AvgIpc) is 2.92. The van der Waals surface area contributed by atoms with Crippen LogP contribution in [0, 0.1) is 0 Å². The van der Waals surface area contributed by atoms with Gasteiger partial charge in [-0.1, -0.05) is 55.8 Å². The summed E-state index contributed by atoms with van der Waals surface area (Å²) in [6.45, 7) is 2.57. The molecule has 1 N–H and O–H groups in total. The van der Waals surface area contributed by atoms with E-state index in [-0.39, 0.29) is 5.91 Å². The number of imide groups is 1. The molecule has 0 radical (unpaired) electrons. The Morgan fingerprint density at radius 3 is 2.12 bits per heavy atom. The Bertz CT molecular complexity index is 782. The first-order chi connectivity index (χ1) is 12.6. The predicted molar refractivity (Wildman–Crippen MR) is 98.8 cm³/mol. The molecule has 0 saturated carbocycles. The minimum absolute atomic E-state index is 0.295. The van der Waals surface area contributed by atoms with Crippen molar-refractivity contribution in [3.63, 3.8) is 0 Å². The van der Waals surface area contributed by atoms with E-state index in [0.717, 1.165) is 23.3 Å². The van der Waals surface area contributed by atoms with Crippen molar-refractivity contribution in [2.24, 2.45) is 0 Å². The van der Waals surface area contributed by atoms with Gasteiger partial charge >= 0.3 is 0 Å². The molecule has 1 aliphatic heterocycles. The van der Waals surface area contributed by atoms with Gasteiger partial charge in [0.15, 0.2) is 0 Å². The summed E-state index contributed by atoms with van der Waals surface area (Å²) >= 11 is 0. The summed E-state index contributed by atoms with van der Waals surface area (Å²) in [5, 5.41) is 2.86. The highest BCUT2D eigenvalue weighted by Crippen LogP contribution is 2.26. The molecule has 1 heterocycles. The maximum atomic E-state index is 12.8. The number of hydrogen-bond acceptors (Lipinski definition) is 3. The minimum Gasteiger partial charge on any atom is -0.354 e. The van der Waals surface area contributed by atoms with Crippen LogP contribution < -0.4 is 5.32 Å². The van der Waals surface area contributed by atoms with Gasteiger partial charge in [0.25, 0.3) is 11.8 Å². The van der Waals surface area contributed by atoms with Crippen LogP contribution in [0.3, 0.4) is 0 Å². The normalized spacial score (nSPS) is 14.3. The predicted octanol–water partition coefficient (Wildman–Crippen LogP) is 2.81. The number of hydrogen-bond donors (Lipinski definition) is 1. The first-order valence-electron chi connectivity index (χ1n) is 8.92. The molecule has 0 aliphatic carbocycles. The van der Waals surface area contributed by atoms with Crippen LogP contribution in [0.4, 0.5) is 0 Å². The number of fused-ring (bicyclic) bond motifs is 1. The summed E-state index contributed by atoms with van der Waals surface area (Å²) in [7, 11) is 0. The summed E-state index contributed by atoms with van der Waals surface area (Å²) in [5.74, 6) is -1.11. The number of benzene rings is 2. The largest absolute Gasteiger partial charge is 0.354 e. The van der Waals surface area contributed by atoms with Crippen molar-refractivity contribution in [2.45, 2.75) is 32.2 Å². The molecule has 2 aromatic carbocycles. The molecular formula is C21H22N2O3. The van der Waals surface area contributed by atoms with Crippen molar-refractivity contribution in [2.75, 3.05) is 6.54 Å². The van der Waals surface area contributed by atoms with E-state index in [0.29, 0.717) is 24.1 Å². The second kappa shape index (κ2) is 7.95. The van der Waals surface area contributed by atoms with Crippen LogP contribution in [0.1, 0.15) is 46.0 Å². The molecule has 134 valence electrons. The Kier molecular flexibility index (Phi) is 5.46. The molecule has 0 spiro atoms. The van der Waals surface area contributed by atoms with Crippen molar-refractivity contribution < 1.29 is 14.4 Å². The van der Waals surface area contributed by atoms with E-state index in [2.05, 4.69) is 5.32 Å². The lowest BCUT2D eigenvalue weighted by Crippen LogP contribution is -2.50. The summed E-state index contributed by atoms with van der Waals surface area (Å²) in [5.41, 5.74) is 1.62. The van der Waals surface area contributed by atoms with E-state index < -0.39 is 17.9 Å². The van der Waals surface area contributed by atoms with Gasteiger partial charge < -0.3 is 5.32 Å². The molecule has 2 aromatic rings. The van der Waals surface area contributed by atoms with E-state index in [1.54, 1.807) is 24.3 Å². The Morgan fingerprint density at radius 2 is 1.54 bits per heavy atom. The van der Waals surface area contributed by atoms with Crippen molar-refractivity contribution in [3.8, 4) is 0 Å². The quantitative estimate of drug-likeness (QED) is 0.617. The molecule has 0 aromatic heterocycles. The van der Waals surface area contributed by atoms with Crippen LogP contribution in [0.5, 0.6) is 0 Å². The van der Waals surface area contributed by atoms with Gasteiger partial charge in [0.1, 0.15) is 6.04 Å². The third-order valence-corrected chi connectivity index (χ3v) is 4.54. The fourth-order valence-electron chi connectivity index (χ4n) is 3.14. The number of carbonyl (C=O) groups is 3. The number of nitrogens with one attached hydrogen (secondary N) is 1. The molecule has 3 amide bonds. The molecule has 26 heavy (non-hydrogen) atoms. The molecule has 0 saturated heterocycles. The topological polar surface area (TPSA) is 66.5 Å². The van der Waals surface area contributed by atoms with Crippen LogP contribution in [-0.4, -0.2) is 35.2 Å². The second-order valence-electron chi connectivity index (χ2n) is 6.38. The van der Waals surface area contributed by atoms with Gasteiger partial charge in [0.2, 0.25) is 5.91 Å². The third kappa shape index (κ3) is 3.52. The van der Waals surface area contributed by atoms with Crippen LogP contribution in [0.2, 0.25) is 0 Å². The molecule has 1 atom stereocenters. The molecule has 5 heteroatoms. The molecule has 1 aliphatic rings. The smallest absolute Gasteiger partial charge is 0.262 e. The highest BCUT2D eigenvalue weighted by atomic mass is 16.2. The van der Waals surface area contributed by atoms with Gasteiger partial charge in [-0.15, -0.1) is 0 Å². The SMILES string of the molecule is CCCCNC(=O)C(Cc1ccccc1)N1C(=O)c2ccccc2C1=O. The van der Waals surface area contributed by atoms with E-state index in [1.807, 2.05) is 37.3 Å². The van der Waals surface area contributed by atoms with Crippen LogP contribution >= 0.6 is 0 Å². The first-order valence-corrected chi connectivity index (χ1v) is 8.92. The monoisotopic (exact) mass is 350 g/mol. The van der Waals surface area contributed by atoms with E-state index in [4.69, 9.17) is 0 Å². The van der Waals surface area contributed by atoms with Crippen LogP contribution in [0.15, 0.2) is 54.6 Å². The average molecular weight is 350 g/mol. The first kappa shape index (κ1) is 17.9. The van der Waals surface area contributed by atoms with Gasteiger partial charge in [-0.3, -0.25) is 19.3 Å². The summed E-state index contributed by atoms with van der Waals surface area (Å²) < 4.78 is 0.